The van der Waals surface area contributed by atoms with Gasteiger partial charge in [-0.3, -0.25) is 9.59 Å². The van der Waals surface area contributed by atoms with Gasteiger partial charge < -0.3 is 5.32 Å². The monoisotopic (exact) mass is 400 g/mol. The molecule has 1 aliphatic rings. The summed E-state index contributed by atoms with van der Waals surface area (Å²) in [4.78, 5) is 29.7. The minimum atomic E-state index is -0.561. The fourth-order valence-corrected chi connectivity index (χ4v) is 4.43. The van der Waals surface area contributed by atoms with Crippen molar-refractivity contribution in [2.75, 3.05) is 5.32 Å². The van der Waals surface area contributed by atoms with Crippen LogP contribution in [0.1, 0.15) is 22.8 Å². The van der Waals surface area contributed by atoms with Crippen LogP contribution in [0.3, 0.4) is 0 Å². The predicted molar refractivity (Wildman–Crippen MR) is 116 cm³/mol. The molecule has 0 fully saturated rings. The minimum absolute atomic E-state index is 0.177. The van der Waals surface area contributed by atoms with E-state index < -0.39 is 6.04 Å². The van der Waals surface area contributed by atoms with Crippen molar-refractivity contribution in [1.82, 2.24) is 10.4 Å². The average Bonchev–Trinajstić information content (AvgIpc) is 3.26. The van der Waals surface area contributed by atoms with Gasteiger partial charge in [0, 0.05) is 16.5 Å². The fourth-order valence-electron chi connectivity index (χ4n) is 3.48. The first-order valence-corrected chi connectivity index (χ1v) is 10.00. The van der Waals surface area contributed by atoms with Crippen molar-refractivity contribution >= 4 is 54.9 Å². The maximum absolute atomic E-state index is 12.7. The van der Waals surface area contributed by atoms with E-state index in [4.69, 9.17) is 0 Å². The SMILES string of the molecule is C[C@@H](Nc1nc2ccccc2s1)C(=O)N/N=C1\C(=O)c2cccc3cccc1c23. The van der Waals surface area contributed by atoms with Crippen molar-refractivity contribution in [2.24, 2.45) is 5.10 Å². The number of ketones is 1. The first-order valence-electron chi connectivity index (χ1n) is 9.18. The number of rotatable bonds is 4. The molecule has 7 heteroatoms. The number of benzene rings is 3. The first kappa shape index (κ1) is 17.5. The normalized spacial score (nSPS) is 15.2. The number of nitrogens with one attached hydrogen (secondary N) is 2. The van der Waals surface area contributed by atoms with Crippen molar-refractivity contribution < 1.29 is 9.59 Å². The number of hydrogen-bond acceptors (Lipinski definition) is 6. The molecule has 1 heterocycles. The largest absolute Gasteiger partial charge is 0.350 e. The van der Waals surface area contributed by atoms with Crippen LogP contribution in [0.4, 0.5) is 5.13 Å². The average molecular weight is 400 g/mol. The summed E-state index contributed by atoms with van der Waals surface area (Å²) in [6.07, 6.45) is 0. The lowest BCUT2D eigenvalue weighted by Crippen LogP contribution is -2.35. The van der Waals surface area contributed by atoms with Crippen molar-refractivity contribution in [1.29, 1.82) is 0 Å². The maximum Gasteiger partial charge on any atom is 0.262 e. The molecule has 2 N–H and O–H groups in total. The summed E-state index contributed by atoms with van der Waals surface area (Å²) in [6, 6.07) is 18.5. The Morgan fingerprint density at radius 3 is 2.59 bits per heavy atom. The first-order chi connectivity index (χ1) is 14.1. The van der Waals surface area contributed by atoms with E-state index in [2.05, 4.69) is 20.8 Å². The molecule has 1 aromatic heterocycles. The molecule has 0 saturated carbocycles. The molecular weight excluding hydrogens is 384 g/mol. The van der Waals surface area contributed by atoms with Crippen molar-refractivity contribution in [3.05, 3.63) is 71.8 Å². The highest BCUT2D eigenvalue weighted by Gasteiger charge is 2.29. The molecule has 142 valence electrons. The highest BCUT2D eigenvalue weighted by Crippen LogP contribution is 2.31. The third kappa shape index (κ3) is 2.96. The number of amides is 1. The van der Waals surface area contributed by atoms with Crippen LogP contribution in [-0.2, 0) is 4.79 Å². The van der Waals surface area contributed by atoms with E-state index in [1.165, 1.54) is 11.3 Å². The summed E-state index contributed by atoms with van der Waals surface area (Å²) in [6.45, 7) is 1.73. The third-order valence-corrected chi connectivity index (χ3v) is 5.89. The quantitative estimate of drug-likeness (QED) is 0.508. The zero-order valence-corrected chi connectivity index (χ0v) is 16.3. The molecule has 0 spiro atoms. The van der Waals surface area contributed by atoms with Gasteiger partial charge in [0.05, 0.1) is 10.2 Å². The van der Waals surface area contributed by atoms with E-state index in [9.17, 15) is 9.59 Å². The molecule has 0 bridgehead atoms. The maximum atomic E-state index is 12.7. The number of anilines is 1. The molecular formula is C22H16N4O2S. The molecule has 29 heavy (non-hydrogen) atoms. The van der Waals surface area contributed by atoms with E-state index in [1.807, 2.05) is 54.6 Å². The molecule has 0 unspecified atom stereocenters. The lowest BCUT2D eigenvalue weighted by atomic mass is 10.1. The van der Waals surface area contributed by atoms with Gasteiger partial charge >= 0.3 is 0 Å². The van der Waals surface area contributed by atoms with Gasteiger partial charge in [-0.1, -0.05) is 59.9 Å². The Balaban J connectivity index is 1.35. The zero-order chi connectivity index (χ0) is 20.0. The standard InChI is InChI=1S/C22H16N4O2S/c1-12(23-22-24-16-10-2-3-11-17(16)29-22)21(28)26-25-19-14-8-4-6-13-7-5-9-15(18(13)14)20(19)27/h2-12H,1H3,(H,23,24)(H,26,28)/b25-19-/t12-/m1/s1. The van der Waals surface area contributed by atoms with E-state index in [1.54, 1.807) is 13.0 Å². The van der Waals surface area contributed by atoms with Crippen LogP contribution < -0.4 is 10.7 Å². The van der Waals surface area contributed by atoms with Crippen LogP contribution in [0.25, 0.3) is 21.0 Å². The predicted octanol–water partition coefficient (Wildman–Crippen LogP) is 3.97. The van der Waals surface area contributed by atoms with E-state index in [-0.39, 0.29) is 17.4 Å². The number of nitrogens with zero attached hydrogens (tertiary/aromatic N) is 2. The number of fused-ring (bicyclic) bond motifs is 1. The Morgan fingerprint density at radius 1 is 1.03 bits per heavy atom. The summed E-state index contributed by atoms with van der Waals surface area (Å²) in [5.74, 6) is -0.517. The highest BCUT2D eigenvalue weighted by molar-refractivity contribution is 7.22. The Hall–Kier alpha value is -3.58. The van der Waals surface area contributed by atoms with Gasteiger partial charge in [0.25, 0.3) is 5.91 Å². The summed E-state index contributed by atoms with van der Waals surface area (Å²) in [5, 5.41) is 9.78. The fraction of sp³-hybridized carbons (Fsp3) is 0.0909. The molecule has 0 radical (unpaired) electrons. The minimum Gasteiger partial charge on any atom is -0.350 e. The second kappa shape index (κ2) is 6.79. The van der Waals surface area contributed by atoms with Crippen LogP contribution in [-0.4, -0.2) is 28.4 Å². The summed E-state index contributed by atoms with van der Waals surface area (Å²) >= 11 is 1.48. The van der Waals surface area contributed by atoms with Gasteiger partial charge in [-0.05, 0) is 24.4 Å². The lowest BCUT2D eigenvalue weighted by molar-refractivity contribution is -0.121. The number of hydrogen-bond donors (Lipinski definition) is 2. The Morgan fingerprint density at radius 2 is 1.79 bits per heavy atom. The number of aromatic nitrogens is 1. The number of thiazole rings is 1. The zero-order valence-electron chi connectivity index (χ0n) is 15.5. The number of Topliss-reactive ketones (excluding diaryl/α,β-unsaturated/α-hetero) is 1. The van der Waals surface area contributed by atoms with E-state index in [0.29, 0.717) is 10.7 Å². The Bertz CT molecular complexity index is 1290. The van der Waals surface area contributed by atoms with Crippen LogP contribution in [0.5, 0.6) is 0 Å². The van der Waals surface area contributed by atoms with Gasteiger partial charge in [0.2, 0.25) is 5.78 Å². The second-order valence-electron chi connectivity index (χ2n) is 6.83. The Kier molecular flexibility index (Phi) is 4.10. The third-order valence-electron chi connectivity index (χ3n) is 4.92. The number of carbonyl (C=O) groups excluding carboxylic acids is 2. The molecule has 1 aliphatic carbocycles. The van der Waals surface area contributed by atoms with Gasteiger partial charge in [-0.25, -0.2) is 10.4 Å². The molecule has 1 atom stereocenters. The molecule has 1 amide bonds. The highest BCUT2D eigenvalue weighted by atomic mass is 32.1. The van der Waals surface area contributed by atoms with Gasteiger partial charge in [0.15, 0.2) is 5.13 Å². The molecule has 4 aromatic rings. The summed E-state index contributed by atoms with van der Waals surface area (Å²) < 4.78 is 1.05. The smallest absolute Gasteiger partial charge is 0.262 e. The second-order valence-corrected chi connectivity index (χ2v) is 7.86. The number of para-hydroxylation sites is 1. The molecule has 0 aliphatic heterocycles. The van der Waals surface area contributed by atoms with Gasteiger partial charge in [0.1, 0.15) is 11.8 Å². The van der Waals surface area contributed by atoms with Crippen LogP contribution in [0.2, 0.25) is 0 Å². The molecule has 5 rings (SSSR count). The van der Waals surface area contributed by atoms with Crippen molar-refractivity contribution in [3.8, 4) is 0 Å². The molecule has 6 nitrogen and oxygen atoms in total. The van der Waals surface area contributed by atoms with Gasteiger partial charge in [-0.15, -0.1) is 0 Å². The Labute approximate surface area is 170 Å². The van der Waals surface area contributed by atoms with E-state index in [0.717, 1.165) is 26.6 Å². The molecule has 0 saturated heterocycles. The van der Waals surface area contributed by atoms with Crippen molar-refractivity contribution in [2.45, 2.75) is 13.0 Å². The van der Waals surface area contributed by atoms with Crippen LogP contribution in [0, 0.1) is 0 Å². The lowest BCUT2D eigenvalue weighted by Gasteiger charge is -2.11. The number of carbonyl (C=O) groups is 2. The topological polar surface area (TPSA) is 83.4 Å². The summed E-state index contributed by atoms with van der Waals surface area (Å²) in [5.41, 5.74) is 5.04. The van der Waals surface area contributed by atoms with Gasteiger partial charge in [-0.2, -0.15) is 5.10 Å². The van der Waals surface area contributed by atoms with Crippen LogP contribution >= 0.6 is 11.3 Å². The summed E-state index contributed by atoms with van der Waals surface area (Å²) in [7, 11) is 0. The van der Waals surface area contributed by atoms with Crippen molar-refractivity contribution in [3.63, 3.8) is 0 Å². The molecule has 3 aromatic carbocycles. The van der Waals surface area contributed by atoms with E-state index >= 15 is 0 Å². The van der Waals surface area contributed by atoms with Crippen LogP contribution in [0.15, 0.2) is 65.8 Å². The number of hydrazone groups is 1.